The lowest BCUT2D eigenvalue weighted by Crippen LogP contribution is -2.51. The highest BCUT2D eigenvalue weighted by atomic mass is 16.5. The predicted molar refractivity (Wildman–Crippen MR) is 117 cm³/mol. The van der Waals surface area contributed by atoms with E-state index in [1.165, 1.54) is 6.92 Å². The number of likely N-dealkylation sites (tertiary alicyclic amines) is 1. The number of aliphatic hydroxyl groups is 2. The largest absolute Gasteiger partial charge is 0.497 e. The Hall–Kier alpha value is -2.61. The van der Waals surface area contributed by atoms with E-state index in [2.05, 4.69) is 10.2 Å². The van der Waals surface area contributed by atoms with Crippen molar-refractivity contribution in [2.45, 2.75) is 44.0 Å². The van der Waals surface area contributed by atoms with E-state index in [0.717, 1.165) is 42.8 Å². The number of nitrogens with one attached hydrogen (secondary N) is 1. The summed E-state index contributed by atoms with van der Waals surface area (Å²) < 4.78 is 11.6. The number of benzene rings is 2. The maximum Gasteiger partial charge on any atom is 0.221 e. The molecule has 0 radical (unpaired) electrons. The van der Waals surface area contributed by atoms with Crippen LogP contribution in [0.15, 0.2) is 42.5 Å². The van der Waals surface area contributed by atoms with E-state index in [0.29, 0.717) is 24.4 Å². The summed E-state index contributed by atoms with van der Waals surface area (Å²) in [5.74, 6) is 1.32. The van der Waals surface area contributed by atoms with Crippen molar-refractivity contribution in [1.82, 2.24) is 4.90 Å². The second-order valence-electron chi connectivity index (χ2n) is 8.53. The van der Waals surface area contributed by atoms with Crippen molar-refractivity contribution in [3.05, 3.63) is 53.6 Å². The van der Waals surface area contributed by atoms with Crippen LogP contribution in [-0.4, -0.2) is 53.4 Å². The van der Waals surface area contributed by atoms with E-state index in [9.17, 15) is 15.0 Å². The van der Waals surface area contributed by atoms with Gasteiger partial charge in [-0.15, -0.1) is 0 Å². The second-order valence-corrected chi connectivity index (χ2v) is 8.53. The van der Waals surface area contributed by atoms with Gasteiger partial charge in [0.25, 0.3) is 0 Å². The molecule has 2 aliphatic heterocycles. The smallest absolute Gasteiger partial charge is 0.221 e. The summed E-state index contributed by atoms with van der Waals surface area (Å²) in [6, 6.07) is 12.9. The molecule has 3 N–H and O–H groups in total. The third-order valence-corrected chi connectivity index (χ3v) is 6.28. The van der Waals surface area contributed by atoms with Crippen molar-refractivity contribution < 1.29 is 24.5 Å². The minimum atomic E-state index is -0.605. The lowest BCUT2D eigenvalue weighted by molar-refractivity contribution is -0.114. The molecule has 1 saturated heterocycles. The Labute approximate surface area is 182 Å². The van der Waals surface area contributed by atoms with Crippen LogP contribution < -0.4 is 14.8 Å². The van der Waals surface area contributed by atoms with E-state index in [-0.39, 0.29) is 11.5 Å². The van der Waals surface area contributed by atoms with Gasteiger partial charge >= 0.3 is 0 Å². The Bertz CT molecular complexity index is 922. The first kappa shape index (κ1) is 21.6. The molecule has 1 fully saturated rings. The van der Waals surface area contributed by atoms with E-state index in [1.54, 1.807) is 19.2 Å². The summed E-state index contributed by atoms with van der Waals surface area (Å²) in [7, 11) is 1.61. The zero-order valence-corrected chi connectivity index (χ0v) is 18.0. The van der Waals surface area contributed by atoms with Gasteiger partial charge in [-0.05, 0) is 48.7 Å². The Kier molecular flexibility index (Phi) is 6.18. The molecule has 2 aromatic rings. The number of hydrogen-bond acceptors (Lipinski definition) is 6. The van der Waals surface area contributed by atoms with Gasteiger partial charge in [0.2, 0.25) is 5.91 Å². The standard InChI is InChI=1S/C24H30N2O5/c1-16(27)25-18-5-3-17(4-6-18)22(29)15-26-11-9-24(10-12-26)14-21(28)20-13-19(30-2)7-8-23(20)31-24/h3-8,13,21-22,28-29H,9-12,14-15H2,1-2H3,(H,25,27)/t21-,22+/m0/s1. The van der Waals surface area contributed by atoms with Crippen molar-refractivity contribution in [2.75, 3.05) is 32.1 Å². The van der Waals surface area contributed by atoms with Crippen LogP contribution in [0, 0.1) is 0 Å². The van der Waals surface area contributed by atoms with Gasteiger partial charge in [-0.3, -0.25) is 4.79 Å². The highest BCUT2D eigenvalue weighted by molar-refractivity contribution is 5.88. The summed E-state index contributed by atoms with van der Waals surface area (Å²) in [5.41, 5.74) is 1.95. The van der Waals surface area contributed by atoms with Gasteiger partial charge in [0.15, 0.2) is 0 Å². The molecule has 7 nitrogen and oxygen atoms in total. The highest BCUT2D eigenvalue weighted by Gasteiger charge is 2.43. The van der Waals surface area contributed by atoms with Crippen molar-refractivity contribution in [3.8, 4) is 11.5 Å². The molecule has 2 aliphatic rings. The van der Waals surface area contributed by atoms with E-state index in [4.69, 9.17) is 9.47 Å². The fraction of sp³-hybridized carbons (Fsp3) is 0.458. The number of hydrogen-bond donors (Lipinski definition) is 3. The highest BCUT2D eigenvalue weighted by Crippen LogP contribution is 2.45. The first-order valence-corrected chi connectivity index (χ1v) is 10.7. The molecule has 2 atom stereocenters. The maximum atomic E-state index is 11.1. The Balaban J connectivity index is 1.34. The molecule has 4 rings (SSSR count). The summed E-state index contributed by atoms with van der Waals surface area (Å²) >= 11 is 0. The number of piperidine rings is 1. The van der Waals surface area contributed by atoms with Crippen LogP contribution in [0.4, 0.5) is 5.69 Å². The average Bonchev–Trinajstić information content (AvgIpc) is 2.75. The number of aliphatic hydroxyl groups excluding tert-OH is 2. The molecule has 0 saturated carbocycles. The van der Waals surface area contributed by atoms with Crippen LogP contribution in [0.25, 0.3) is 0 Å². The van der Waals surface area contributed by atoms with Gasteiger partial charge < -0.3 is 29.9 Å². The number of fused-ring (bicyclic) bond motifs is 1. The topological polar surface area (TPSA) is 91.3 Å². The monoisotopic (exact) mass is 426 g/mol. The quantitative estimate of drug-likeness (QED) is 0.681. The lowest BCUT2D eigenvalue weighted by Gasteiger charge is -2.46. The minimum absolute atomic E-state index is 0.118. The van der Waals surface area contributed by atoms with Crippen LogP contribution in [0.3, 0.4) is 0 Å². The van der Waals surface area contributed by atoms with Crippen LogP contribution in [0.5, 0.6) is 11.5 Å². The first-order chi connectivity index (χ1) is 14.9. The van der Waals surface area contributed by atoms with Gasteiger partial charge in [-0.1, -0.05) is 12.1 Å². The third kappa shape index (κ3) is 4.84. The normalized spacial score (nSPS) is 21.1. The maximum absolute atomic E-state index is 11.1. The van der Waals surface area contributed by atoms with Gasteiger partial charge in [0.05, 0.1) is 19.3 Å². The molecule has 166 valence electrons. The number of anilines is 1. The molecular weight excluding hydrogens is 396 g/mol. The predicted octanol–water partition coefficient (Wildman–Crippen LogP) is 3.04. The SMILES string of the molecule is COc1ccc2c(c1)[C@@H](O)CC1(CCN(C[C@@H](O)c3ccc(NC(C)=O)cc3)CC1)O2. The lowest BCUT2D eigenvalue weighted by atomic mass is 9.81. The van der Waals surface area contributed by atoms with Crippen LogP contribution in [0.1, 0.15) is 49.5 Å². The molecule has 0 aliphatic carbocycles. The van der Waals surface area contributed by atoms with E-state index < -0.39 is 12.2 Å². The Morgan fingerprint density at radius 2 is 1.97 bits per heavy atom. The second kappa shape index (κ2) is 8.86. The van der Waals surface area contributed by atoms with Crippen LogP contribution >= 0.6 is 0 Å². The van der Waals surface area contributed by atoms with E-state index >= 15 is 0 Å². The molecule has 1 spiro atoms. The molecule has 2 heterocycles. The molecule has 2 aromatic carbocycles. The van der Waals surface area contributed by atoms with Crippen molar-refractivity contribution in [1.29, 1.82) is 0 Å². The van der Waals surface area contributed by atoms with Gasteiger partial charge in [0.1, 0.15) is 17.1 Å². The summed E-state index contributed by atoms with van der Waals surface area (Å²) in [5, 5.41) is 24.1. The van der Waals surface area contributed by atoms with E-state index in [1.807, 2.05) is 30.3 Å². The number of nitrogens with zero attached hydrogens (tertiary/aromatic N) is 1. The number of carbonyl (C=O) groups is 1. The fourth-order valence-corrected chi connectivity index (χ4v) is 4.54. The Morgan fingerprint density at radius 1 is 1.26 bits per heavy atom. The van der Waals surface area contributed by atoms with Crippen molar-refractivity contribution >= 4 is 11.6 Å². The fourth-order valence-electron chi connectivity index (χ4n) is 4.54. The number of amides is 1. The number of rotatable bonds is 5. The average molecular weight is 427 g/mol. The molecule has 31 heavy (non-hydrogen) atoms. The Morgan fingerprint density at radius 3 is 2.61 bits per heavy atom. The van der Waals surface area contributed by atoms with Crippen molar-refractivity contribution in [3.63, 3.8) is 0 Å². The minimum Gasteiger partial charge on any atom is -0.497 e. The summed E-state index contributed by atoms with van der Waals surface area (Å²) in [6.45, 7) is 3.58. The zero-order valence-electron chi connectivity index (χ0n) is 18.0. The van der Waals surface area contributed by atoms with Gasteiger partial charge in [-0.25, -0.2) is 0 Å². The van der Waals surface area contributed by atoms with Gasteiger partial charge in [-0.2, -0.15) is 0 Å². The molecule has 1 amide bonds. The zero-order chi connectivity index (χ0) is 22.0. The number of carbonyl (C=O) groups excluding carboxylic acids is 1. The number of methoxy groups -OCH3 is 1. The van der Waals surface area contributed by atoms with Crippen LogP contribution in [-0.2, 0) is 4.79 Å². The third-order valence-electron chi connectivity index (χ3n) is 6.28. The molecule has 0 aromatic heterocycles. The number of β-amino-alcohol motifs (C(OH)–C–C–N with tert-alkyl or cyclic N) is 1. The van der Waals surface area contributed by atoms with Gasteiger partial charge in [0, 0.05) is 44.2 Å². The number of ether oxygens (including phenoxy) is 2. The molecule has 0 unspecified atom stereocenters. The van der Waals surface area contributed by atoms with Crippen molar-refractivity contribution in [2.24, 2.45) is 0 Å². The molecule has 7 heteroatoms. The van der Waals surface area contributed by atoms with Crippen LogP contribution in [0.2, 0.25) is 0 Å². The molecular formula is C24H30N2O5. The summed E-state index contributed by atoms with van der Waals surface area (Å²) in [6.07, 6.45) is 0.978. The first-order valence-electron chi connectivity index (χ1n) is 10.7. The summed E-state index contributed by atoms with van der Waals surface area (Å²) in [4.78, 5) is 13.4. The molecule has 0 bridgehead atoms.